The number of thiazole rings is 1. The van der Waals surface area contributed by atoms with E-state index in [4.69, 9.17) is 9.90 Å². The molecule has 2 N–H and O–H groups in total. The van der Waals surface area contributed by atoms with Crippen LogP contribution in [0.4, 0.5) is 26.3 Å². The predicted molar refractivity (Wildman–Crippen MR) is 90.3 cm³/mol. The van der Waals surface area contributed by atoms with Gasteiger partial charge in [0.15, 0.2) is 4.96 Å². The van der Waals surface area contributed by atoms with Gasteiger partial charge in [0.05, 0.1) is 11.9 Å². The number of hydrogen-bond acceptors (Lipinski definition) is 5. The number of rotatable bonds is 5. The number of hydrogen-bond donors (Lipinski definition) is 2. The van der Waals surface area contributed by atoms with Gasteiger partial charge in [-0.05, 0) is 6.92 Å². The van der Waals surface area contributed by atoms with Gasteiger partial charge in [0.1, 0.15) is 6.54 Å². The van der Waals surface area contributed by atoms with Crippen molar-refractivity contribution in [2.24, 2.45) is 0 Å². The average molecular weight is 443 g/mol. The zero-order chi connectivity index (χ0) is 21.8. The van der Waals surface area contributed by atoms with Crippen molar-refractivity contribution >= 4 is 22.3 Å². The Kier molecular flexibility index (Phi) is 6.89. The summed E-state index contributed by atoms with van der Waals surface area (Å²) in [6.45, 7) is 1.35. The molecular weight excluding hydrogens is 428 g/mol. The van der Waals surface area contributed by atoms with E-state index < -0.39 is 24.9 Å². The molecular formula is C15H15F6N5O2S. The summed E-state index contributed by atoms with van der Waals surface area (Å²) in [5, 5.41) is 16.1. The van der Waals surface area contributed by atoms with E-state index in [-0.39, 0.29) is 6.04 Å². The van der Waals surface area contributed by atoms with Gasteiger partial charge in [0, 0.05) is 42.1 Å². The van der Waals surface area contributed by atoms with E-state index in [1.54, 1.807) is 11.3 Å². The number of halogens is 6. The highest BCUT2D eigenvalue weighted by molar-refractivity contribution is 7.15. The summed E-state index contributed by atoms with van der Waals surface area (Å²) >= 11 is 1.55. The van der Waals surface area contributed by atoms with Crippen LogP contribution in [0.15, 0.2) is 30.2 Å². The fraction of sp³-hybridized carbons (Fsp3) is 0.400. The third-order valence-electron chi connectivity index (χ3n) is 3.47. The number of nitrogens with one attached hydrogen (secondary N) is 1. The first kappa shape index (κ1) is 22.7. The van der Waals surface area contributed by atoms with Gasteiger partial charge in [-0.3, -0.25) is 9.08 Å². The van der Waals surface area contributed by atoms with Crippen LogP contribution in [0.25, 0.3) is 4.96 Å². The average Bonchev–Trinajstić information content (AvgIpc) is 3.26. The number of carbonyl (C=O) groups is 1. The Hall–Kier alpha value is -2.61. The first-order valence-electron chi connectivity index (χ1n) is 7.89. The minimum Gasteiger partial charge on any atom is -0.475 e. The summed E-state index contributed by atoms with van der Waals surface area (Å²) in [7, 11) is 0. The van der Waals surface area contributed by atoms with Crippen LogP contribution in [-0.2, 0) is 17.9 Å². The molecule has 0 radical (unpaired) electrons. The van der Waals surface area contributed by atoms with Crippen molar-refractivity contribution in [2.45, 2.75) is 38.4 Å². The highest BCUT2D eigenvalue weighted by atomic mass is 32.1. The monoisotopic (exact) mass is 443 g/mol. The van der Waals surface area contributed by atoms with Crippen LogP contribution in [0.5, 0.6) is 0 Å². The minimum absolute atomic E-state index is 0.110. The first-order valence-corrected chi connectivity index (χ1v) is 8.77. The van der Waals surface area contributed by atoms with Crippen molar-refractivity contribution < 1.29 is 36.2 Å². The number of alkyl halides is 6. The van der Waals surface area contributed by atoms with Gasteiger partial charge >= 0.3 is 18.3 Å². The van der Waals surface area contributed by atoms with Crippen molar-refractivity contribution in [1.29, 1.82) is 0 Å². The fourth-order valence-corrected chi connectivity index (χ4v) is 2.83. The lowest BCUT2D eigenvalue weighted by Crippen LogP contribution is -2.21. The lowest BCUT2D eigenvalue weighted by Gasteiger charge is -2.10. The summed E-state index contributed by atoms with van der Waals surface area (Å²) in [5.74, 6) is -2.76. The number of carboxylic acids is 1. The van der Waals surface area contributed by atoms with E-state index in [9.17, 15) is 26.3 Å². The van der Waals surface area contributed by atoms with E-state index in [1.165, 1.54) is 12.4 Å². The predicted octanol–water partition coefficient (Wildman–Crippen LogP) is 3.64. The second-order valence-electron chi connectivity index (χ2n) is 5.82. The quantitative estimate of drug-likeness (QED) is 0.589. The number of fused-ring (bicyclic) bond motifs is 1. The van der Waals surface area contributed by atoms with Gasteiger partial charge in [-0.2, -0.15) is 31.4 Å². The Bertz CT molecular complexity index is 916. The van der Waals surface area contributed by atoms with Gasteiger partial charge in [0.25, 0.3) is 0 Å². The van der Waals surface area contributed by atoms with Crippen LogP contribution in [0.2, 0.25) is 0 Å². The van der Waals surface area contributed by atoms with Crippen LogP contribution >= 0.6 is 11.3 Å². The van der Waals surface area contributed by atoms with Crippen molar-refractivity contribution in [1.82, 2.24) is 24.5 Å². The fourth-order valence-electron chi connectivity index (χ4n) is 2.11. The summed E-state index contributed by atoms with van der Waals surface area (Å²) in [5.41, 5.74) is 1.60. The van der Waals surface area contributed by atoms with E-state index in [0.29, 0.717) is 12.1 Å². The molecule has 0 fully saturated rings. The molecule has 3 rings (SSSR count). The highest BCUT2D eigenvalue weighted by Gasteiger charge is 2.38. The number of aromatic nitrogens is 4. The molecule has 3 heterocycles. The third-order valence-corrected chi connectivity index (χ3v) is 4.24. The largest absolute Gasteiger partial charge is 0.490 e. The molecule has 0 aliphatic rings. The van der Waals surface area contributed by atoms with Gasteiger partial charge in [-0.15, -0.1) is 11.3 Å². The zero-order valence-corrected chi connectivity index (χ0v) is 15.5. The topological polar surface area (TPSA) is 84.5 Å². The molecule has 160 valence electrons. The SMILES string of the molecule is CC(NCc1cn2ccsc2n1)c1cnn(CC(F)(F)F)c1.O=C(O)C(F)(F)F. The summed E-state index contributed by atoms with van der Waals surface area (Å²) in [6, 6.07) is -0.110. The molecule has 0 amide bonds. The normalized spacial score (nSPS) is 13.2. The number of nitrogens with zero attached hydrogens (tertiary/aromatic N) is 4. The van der Waals surface area contributed by atoms with Crippen LogP contribution < -0.4 is 5.32 Å². The van der Waals surface area contributed by atoms with Gasteiger partial charge in [-0.1, -0.05) is 0 Å². The molecule has 1 unspecified atom stereocenters. The maximum absolute atomic E-state index is 12.3. The Morgan fingerprint density at radius 2 is 1.93 bits per heavy atom. The van der Waals surface area contributed by atoms with Crippen molar-refractivity contribution in [3.05, 3.63) is 41.4 Å². The van der Waals surface area contributed by atoms with E-state index in [1.807, 2.05) is 29.1 Å². The molecule has 3 aromatic rings. The maximum atomic E-state index is 12.3. The lowest BCUT2D eigenvalue weighted by molar-refractivity contribution is -0.192. The molecule has 14 heteroatoms. The Morgan fingerprint density at radius 1 is 1.28 bits per heavy atom. The van der Waals surface area contributed by atoms with Crippen LogP contribution in [0.1, 0.15) is 24.2 Å². The maximum Gasteiger partial charge on any atom is 0.490 e. The van der Waals surface area contributed by atoms with E-state index in [2.05, 4.69) is 15.4 Å². The summed E-state index contributed by atoms with van der Waals surface area (Å²) in [6.07, 6.45) is -2.62. The molecule has 0 bridgehead atoms. The van der Waals surface area contributed by atoms with E-state index >= 15 is 0 Å². The van der Waals surface area contributed by atoms with Gasteiger partial charge in [0.2, 0.25) is 0 Å². The highest BCUT2D eigenvalue weighted by Crippen LogP contribution is 2.19. The number of carboxylic acid groups (broad SMARTS) is 1. The molecule has 0 spiro atoms. The molecule has 7 nitrogen and oxygen atoms in total. The van der Waals surface area contributed by atoms with E-state index in [0.717, 1.165) is 15.3 Å². The molecule has 1 atom stereocenters. The minimum atomic E-state index is -5.08. The molecule has 0 saturated heterocycles. The second kappa shape index (κ2) is 8.82. The Morgan fingerprint density at radius 3 is 2.48 bits per heavy atom. The number of imidazole rings is 1. The van der Waals surface area contributed by atoms with Crippen LogP contribution in [0, 0.1) is 0 Å². The third kappa shape index (κ3) is 7.05. The smallest absolute Gasteiger partial charge is 0.475 e. The zero-order valence-electron chi connectivity index (χ0n) is 14.7. The summed E-state index contributed by atoms with van der Waals surface area (Å²) < 4.78 is 71.5. The molecule has 0 saturated carbocycles. The van der Waals surface area contributed by atoms with Crippen molar-refractivity contribution in [2.75, 3.05) is 0 Å². The molecule has 29 heavy (non-hydrogen) atoms. The number of aliphatic carboxylic acids is 1. The van der Waals surface area contributed by atoms with Gasteiger partial charge in [-0.25, -0.2) is 9.78 Å². The lowest BCUT2D eigenvalue weighted by atomic mass is 10.2. The van der Waals surface area contributed by atoms with Crippen LogP contribution in [0.3, 0.4) is 0 Å². The van der Waals surface area contributed by atoms with Crippen molar-refractivity contribution in [3.8, 4) is 0 Å². The van der Waals surface area contributed by atoms with Gasteiger partial charge < -0.3 is 10.4 Å². The Balaban J connectivity index is 0.000000370. The molecule has 0 aromatic carbocycles. The molecule has 0 aliphatic carbocycles. The Labute approximate surface area is 163 Å². The second-order valence-corrected chi connectivity index (χ2v) is 6.69. The van der Waals surface area contributed by atoms with Crippen LogP contribution in [-0.4, -0.2) is 42.6 Å². The standard InChI is InChI=1S/C13H14F3N5S.C2HF3O2/c1-9(10-4-18-21(6-10)8-13(14,15)16)17-5-11-7-20-2-3-22-12(20)19-11;3-2(4,5)1(6)7/h2-4,6-7,9,17H,5,8H2,1H3;(H,6,7). The molecule has 3 aromatic heterocycles. The summed E-state index contributed by atoms with van der Waals surface area (Å²) in [4.78, 5) is 14.3. The molecule has 0 aliphatic heterocycles. The first-order chi connectivity index (χ1) is 13.3. The van der Waals surface area contributed by atoms with Crippen molar-refractivity contribution in [3.63, 3.8) is 0 Å².